The monoisotopic (exact) mass is 448 g/mol. The van der Waals surface area contributed by atoms with Crippen LogP contribution in [-0.2, 0) is 0 Å². The van der Waals surface area contributed by atoms with Crippen LogP contribution in [0.1, 0.15) is 71.3 Å². The van der Waals surface area contributed by atoms with Crippen molar-refractivity contribution in [3.63, 3.8) is 0 Å². The lowest BCUT2D eigenvalue weighted by molar-refractivity contribution is 0.0966. The Hall–Kier alpha value is -1.13. The van der Waals surface area contributed by atoms with Gasteiger partial charge in [-0.2, -0.15) is 0 Å². The first-order chi connectivity index (χ1) is 14.3. The van der Waals surface area contributed by atoms with Crippen molar-refractivity contribution in [1.29, 1.82) is 0 Å². The van der Waals surface area contributed by atoms with Gasteiger partial charge in [-0.3, -0.25) is 4.90 Å². The van der Waals surface area contributed by atoms with Gasteiger partial charge < -0.3 is 14.4 Å². The summed E-state index contributed by atoms with van der Waals surface area (Å²) in [5.74, 6) is 3.45. The van der Waals surface area contributed by atoms with Crippen molar-refractivity contribution in [2.24, 2.45) is 16.7 Å². The number of hydrogen-bond donors (Lipinski definition) is 0. The normalized spacial score (nSPS) is 25.7. The van der Waals surface area contributed by atoms with Crippen molar-refractivity contribution in [2.45, 2.75) is 65.7 Å². The van der Waals surface area contributed by atoms with Crippen molar-refractivity contribution in [2.75, 3.05) is 50.8 Å². The summed E-state index contributed by atoms with van der Waals surface area (Å²) in [6.07, 6.45) is 6.70. The Balaban J connectivity index is 0.00000231. The molecule has 0 spiro atoms. The van der Waals surface area contributed by atoms with Crippen LogP contribution in [0.5, 0.6) is 11.5 Å². The average Bonchev–Trinajstić information content (AvgIpc) is 3.49. The first-order valence-electron chi connectivity index (χ1n) is 12.2. The van der Waals surface area contributed by atoms with E-state index >= 15 is 0 Å². The van der Waals surface area contributed by atoms with E-state index in [1.165, 1.54) is 63.0 Å². The zero-order valence-electron chi connectivity index (χ0n) is 19.9. The van der Waals surface area contributed by atoms with Crippen molar-refractivity contribution < 1.29 is 9.47 Å². The molecule has 0 amide bonds. The fourth-order valence-electron chi connectivity index (χ4n) is 6.60. The smallest absolute Gasteiger partial charge is 0.163 e. The van der Waals surface area contributed by atoms with Crippen LogP contribution in [-0.4, -0.2) is 50.8 Å². The van der Waals surface area contributed by atoms with E-state index in [9.17, 15) is 0 Å². The molecule has 0 N–H and O–H groups in total. The molecule has 2 heterocycles. The van der Waals surface area contributed by atoms with Gasteiger partial charge in [0.05, 0.1) is 0 Å². The molecule has 174 valence electrons. The van der Waals surface area contributed by atoms with E-state index in [1.807, 2.05) is 0 Å². The fraction of sp³-hybridized carbons (Fsp3) is 0.769. The lowest BCUT2D eigenvalue weighted by atomic mass is 9.60. The summed E-state index contributed by atoms with van der Waals surface area (Å²) in [5.41, 5.74) is 3.65. The lowest BCUT2D eigenvalue weighted by Gasteiger charge is -2.46. The average molecular weight is 449 g/mol. The standard InChI is InChI=1S/C26H40N2O2.ClH/c1-25(2)15-20(16-26(3,4)18-25)21-13-23-24(30-12-11-29-23)14-22(21)28-9-7-27(8-10-28)17-19-5-6-19;/h13-14,19-20H,5-12,15-18H2,1-4H3;1H. The lowest BCUT2D eigenvalue weighted by Crippen LogP contribution is -2.47. The number of halogens is 1. The molecule has 0 atom stereocenters. The van der Waals surface area contributed by atoms with Gasteiger partial charge in [-0.05, 0) is 66.4 Å². The van der Waals surface area contributed by atoms with Gasteiger partial charge in [-0.15, -0.1) is 12.4 Å². The molecule has 1 aromatic rings. The summed E-state index contributed by atoms with van der Waals surface area (Å²) in [4.78, 5) is 5.31. The van der Waals surface area contributed by atoms with Crippen LogP contribution < -0.4 is 14.4 Å². The number of benzene rings is 1. The highest BCUT2D eigenvalue weighted by Gasteiger charge is 2.40. The van der Waals surface area contributed by atoms with Crippen LogP contribution in [0.15, 0.2) is 12.1 Å². The molecule has 4 nitrogen and oxygen atoms in total. The molecule has 2 aliphatic carbocycles. The Labute approximate surface area is 195 Å². The van der Waals surface area contributed by atoms with Gasteiger partial charge >= 0.3 is 0 Å². The molecule has 0 bridgehead atoms. The van der Waals surface area contributed by atoms with E-state index in [0.29, 0.717) is 30.0 Å². The zero-order valence-corrected chi connectivity index (χ0v) is 20.7. The molecule has 31 heavy (non-hydrogen) atoms. The van der Waals surface area contributed by atoms with Crippen LogP contribution in [0, 0.1) is 16.7 Å². The van der Waals surface area contributed by atoms with Gasteiger partial charge in [-0.1, -0.05) is 27.7 Å². The summed E-state index contributed by atoms with van der Waals surface area (Å²) < 4.78 is 12.0. The summed E-state index contributed by atoms with van der Waals surface area (Å²) in [6, 6.07) is 4.64. The third-order valence-electron chi connectivity index (χ3n) is 7.61. The molecule has 2 aliphatic heterocycles. The van der Waals surface area contributed by atoms with Crippen LogP contribution in [0.25, 0.3) is 0 Å². The molecular formula is C26H41ClN2O2. The van der Waals surface area contributed by atoms with Gasteiger partial charge in [0.25, 0.3) is 0 Å². The third kappa shape index (κ3) is 5.27. The van der Waals surface area contributed by atoms with Gasteiger partial charge in [0, 0.05) is 44.5 Å². The van der Waals surface area contributed by atoms with Gasteiger partial charge in [-0.25, -0.2) is 0 Å². The van der Waals surface area contributed by atoms with Gasteiger partial charge in [0.2, 0.25) is 0 Å². The second-order valence-electron chi connectivity index (χ2n) is 11.9. The quantitative estimate of drug-likeness (QED) is 0.587. The highest BCUT2D eigenvalue weighted by Crippen LogP contribution is 2.54. The van der Waals surface area contributed by atoms with Crippen molar-refractivity contribution in [1.82, 2.24) is 4.90 Å². The number of ether oxygens (including phenoxy) is 2. The number of anilines is 1. The molecule has 2 saturated carbocycles. The molecule has 3 fully saturated rings. The van der Waals surface area contributed by atoms with E-state index in [1.54, 1.807) is 0 Å². The Morgan fingerprint density at radius 3 is 2.03 bits per heavy atom. The van der Waals surface area contributed by atoms with Gasteiger partial charge in [0.1, 0.15) is 13.2 Å². The summed E-state index contributed by atoms with van der Waals surface area (Å²) >= 11 is 0. The van der Waals surface area contributed by atoms with Crippen LogP contribution in [0.2, 0.25) is 0 Å². The predicted molar refractivity (Wildman–Crippen MR) is 130 cm³/mol. The van der Waals surface area contributed by atoms with Crippen molar-refractivity contribution in [3.8, 4) is 11.5 Å². The van der Waals surface area contributed by atoms with Crippen LogP contribution in [0.3, 0.4) is 0 Å². The highest BCUT2D eigenvalue weighted by atomic mass is 35.5. The molecule has 0 unspecified atom stereocenters. The topological polar surface area (TPSA) is 24.9 Å². The first kappa shape index (κ1) is 23.0. The number of hydrogen-bond acceptors (Lipinski definition) is 4. The number of fused-ring (bicyclic) bond motifs is 1. The van der Waals surface area contributed by atoms with Crippen LogP contribution in [0.4, 0.5) is 5.69 Å². The Morgan fingerprint density at radius 2 is 1.45 bits per heavy atom. The number of nitrogens with zero attached hydrogens (tertiary/aromatic N) is 2. The van der Waals surface area contributed by atoms with E-state index in [4.69, 9.17) is 9.47 Å². The SMILES string of the molecule is CC1(C)CC(c2cc3c(cc2N2CCN(CC4CC4)CC2)OCCO3)CC(C)(C)C1.Cl. The van der Waals surface area contributed by atoms with E-state index in [2.05, 4.69) is 49.6 Å². The molecule has 4 aliphatic rings. The molecule has 0 aromatic heterocycles. The predicted octanol–water partition coefficient (Wildman–Crippen LogP) is 5.73. The molecule has 5 heteroatoms. The Bertz CT molecular complexity index is 766. The second-order valence-corrected chi connectivity index (χ2v) is 11.9. The van der Waals surface area contributed by atoms with Crippen LogP contribution >= 0.6 is 12.4 Å². The summed E-state index contributed by atoms with van der Waals surface area (Å²) in [7, 11) is 0. The van der Waals surface area contributed by atoms with Crippen molar-refractivity contribution >= 4 is 18.1 Å². The number of rotatable bonds is 4. The maximum Gasteiger partial charge on any atom is 0.163 e. The summed E-state index contributed by atoms with van der Waals surface area (Å²) in [6.45, 7) is 17.1. The van der Waals surface area contributed by atoms with E-state index in [-0.39, 0.29) is 12.4 Å². The summed E-state index contributed by atoms with van der Waals surface area (Å²) in [5, 5.41) is 0. The first-order valence-corrected chi connectivity index (χ1v) is 12.2. The molecule has 5 rings (SSSR count). The number of piperazine rings is 1. The van der Waals surface area contributed by atoms with E-state index < -0.39 is 0 Å². The molecular weight excluding hydrogens is 408 g/mol. The van der Waals surface area contributed by atoms with Gasteiger partial charge in [0.15, 0.2) is 11.5 Å². The molecule has 1 saturated heterocycles. The Kier molecular flexibility index (Phi) is 6.44. The minimum absolute atomic E-state index is 0. The third-order valence-corrected chi connectivity index (χ3v) is 7.61. The molecule has 1 aromatic carbocycles. The Morgan fingerprint density at radius 1 is 0.871 bits per heavy atom. The van der Waals surface area contributed by atoms with Crippen molar-refractivity contribution in [3.05, 3.63) is 17.7 Å². The zero-order chi connectivity index (χ0) is 20.9. The largest absolute Gasteiger partial charge is 0.486 e. The minimum atomic E-state index is 0. The second kappa shape index (κ2) is 8.67. The minimum Gasteiger partial charge on any atom is -0.486 e. The molecule has 0 radical (unpaired) electrons. The maximum absolute atomic E-state index is 6.02. The fourth-order valence-corrected chi connectivity index (χ4v) is 6.60. The maximum atomic E-state index is 6.02. The highest BCUT2D eigenvalue weighted by molar-refractivity contribution is 5.85. The van der Waals surface area contributed by atoms with E-state index in [0.717, 1.165) is 30.5 Å².